The molecule has 1 N–H and O–H groups in total. The van der Waals surface area contributed by atoms with Crippen LogP contribution in [0.3, 0.4) is 0 Å². The minimum atomic E-state index is -0.0598. The van der Waals surface area contributed by atoms with Crippen molar-refractivity contribution in [2.75, 3.05) is 6.61 Å². The monoisotopic (exact) mass is 325 g/mol. The normalized spacial score (nSPS) is 12.5. The van der Waals surface area contributed by atoms with Crippen LogP contribution in [0.25, 0.3) is 0 Å². The van der Waals surface area contributed by atoms with Gasteiger partial charge in [0.1, 0.15) is 5.75 Å². The van der Waals surface area contributed by atoms with Crippen molar-refractivity contribution in [1.29, 1.82) is 0 Å². The predicted octanol–water partition coefficient (Wildman–Crippen LogP) is 4.87. The molecule has 3 heteroatoms. The molecule has 0 aliphatic carbocycles. The van der Waals surface area contributed by atoms with E-state index in [4.69, 9.17) is 4.74 Å². The summed E-state index contributed by atoms with van der Waals surface area (Å²) < 4.78 is 5.44. The lowest BCUT2D eigenvalue weighted by atomic mass is 9.86. The zero-order valence-electron chi connectivity index (χ0n) is 15.2. The Morgan fingerprint density at radius 3 is 2.12 bits per heavy atom. The smallest absolute Gasteiger partial charge is 0.251 e. The largest absolute Gasteiger partial charge is 0.494 e. The zero-order valence-corrected chi connectivity index (χ0v) is 15.2. The molecule has 0 aliphatic rings. The molecule has 0 saturated carbocycles. The zero-order chi connectivity index (χ0) is 17.7. The van der Waals surface area contributed by atoms with Gasteiger partial charge in [-0.05, 0) is 54.7 Å². The number of carbonyl (C=O) groups excluding carboxylic acids is 1. The Kier molecular flexibility index (Phi) is 5.66. The molecule has 1 amide bonds. The summed E-state index contributed by atoms with van der Waals surface area (Å²) in [6.45, 7) is 11.1. The van der Waals surface area contributed by atoms with Crippen LogP contribution in [0.5, 0.6) is 5.75 Å². The van der Waals surface area contributed by atoms with Crippen molar-refractivity contribution >= 4 is 5.91 Å². The molecule has 0 aliphatic heterocycles. The number of hydrogen-bond donors (Lipinski definition) is 1. The van der Waals surface area contributed by atoms with Crippen LogP contribution in [-0.4, -0.2) is 12.5 Å². The Labute approximate surface area is 145 Å². The van der Waals surface area contributed by atoms with E-state index >= 15 is 0 Å². The van der Waals surface area contributed by atoms with E-state index in [9.17, 15) is 4.79 Å². The maximum absolute atomic E-state index is 12.4. The van der Waals surface area contributed by atoms with Crippen LogP contribution >= 0.6 is 0 Å². The van der Waals surface area contributed by atoms with E-state index in [1.807, 2.05) is 62.4 Å². The van der Waals surface area contributed by atoms with Gasteiger partial charge in [-0.3, -0.25) is 4.79 Å². The second-order valence-corrected chi connectivity index (χ2v) is 7.02. The summed E-state index contributed by atoms with van der Waals surface area (Å²) in [6.07, 6.45) is 0. The van der Waals surface area contributed by atoms with Crippen molar-refractivity contribution in [1.82, 2.24) is 5.32 Å². The number of ether oxygens (including phenoxy) is 1. The minimum absolute atomic E-state index is 0.0585. The summed E-state index contributed by atoms with van der Waals surface area (Å²) in [6, 6.07) is 15.6. The van der Waals surface area contributed by atoms with Gasteiger partial charge >= 0.3 is 0 Å². The van der Waals surface area contributed by atoms with E-state index in [0.717, 1.165) is 11.3 Å². The maximum atomic E-state index is 12.4. The van der Waals surface area contributed by atoms with Gasteiger partial charge in [0.05, 0.1) is 12.6 Å². The molecule has 2 aromatic rings. The van der Waals surface area contributed by atoms with Gasteiger partial charge in [-0.1, -0.05) is 45.0 Å². The number of nitrogens with one attached hydrogen (secondary N) is 1. The van der Waals surface area contributed by atoms with Crippen molar-refractivity contribution in [2.45, 2.75) is 46.1 Å². The molecule has 1 atom stereocenters. The van der Waals surface area contributed by atoms with Crippen molar-refractivity contribution < 1.29 is 9.53 Å². The minimum Gasteiger partial charge on any atom is -0.494 e. The van der Waals surface area contributed by atoms with Gasteiger partial charge < -0.3 is 10.1 Å². The van der Waals surface area contributed by atoms with Crippen LogP contribution in [-0.2, 0) is 5.41 Å². The van der Waals surface area contributed by atoms with E-state index in [0.29, 0.717) is 12.2 Å². The molecule has 2 aromatic carbocycles. The van der Waals surface area contributed by atoms with Crippen LogP contribution in [0.1, 0.15) is 62.1 Å². The van der Waals surface area contributed by atoms with Crippen LogP contribution in [0.15, 0.2) is 48.5 Å². The molecule has 0 saturated heterocycles. The fourth-order valence-electron chi connectivity index (χ4n) is 2.50. The van der Waals surface area contributed by atoms with E-state index in [-0.39, 0.29) is 17.4 Å². The molecule has 0 unspecified atom stereocenters. The summed E-state index contributed by atoms with van der Waals surface area (Å²) in [5, 5.41) is 3.04. The summed E-state index contributed by atoms with van der Waals surface area (Å²) in [7, 11) is 0. The lowest BCUT2D eigenvalue weighted by molar-refractivity contribution is 0.0940. The number of hydrogen-bond acceptors (Lipinski definition) is 2. The van der Waals surface area contributed by atoms with Gasteiger partial charge in [0, 0.05) is 5.56 Å². The SMILES string of the molecule is CCOc1ccc([C@H](C)NC(=O)c2ccc(C(C)(C)C)cc2)cc1. The van der Waals surface area contributed by atoms with Gasteiger partial charge in [0.25, 0.3) is 5.91 Å². The highest BCUT2D eigenvalue weighted by Crippen LogP contribution is 2.22. The molecule has 0 fully saturated rings. The third-order valence-electron chi connectivity index (χ3n) is 4.05. The van der Waals surface area contributed by atoms with E-state index in [1.54, 1.807) is 0 Å². The average Bonchev–Trinajstić information content (AvgIpc) is 2.55. The van der Waals surface area contributed by atoms with Crippen molar-refractivity contribution in [2.24, 2.45) is 0 Å². The van der Waals surface area contributed by atoms with Crippen LogP contribution < -0.4 is 10.1 Å². The molecule has 0 heterocycles. The van der Waals surface area contributed by atoms with Crippen molar-refractivity contribution in [3.63, 3.8) is 0 Å². The Morgan fingerprint density at radius 1 is 1.04 bits per heavy atom. The third-order valence-corrected chi connectivity index (χ3v) is 4.05. The molecular formula is C21H27NO2. The van der Waals surface area contributed by atoms with Crippen LogP contribution in [0.4, 0.5) is 0 Å². The summed E-state index contributed by atoms with van der Waals surface area (Å²) in [4.78, 5) is 12.4. The average molecular weight is 325 g/mol. The third kappa shape index (κ3) is 4.60. The fourth-order valence-corrected chi connectivity index (χ4v) is 2.50. The number of carbonyl (C=O) groups is 1. The van der Waals surface area contributed by atoms with Gasteiger partial charge in [-0.25, -0.2) is 0 Å². The van der Waals surface area contributed by atoms with Crippen molar-refractivity contribution in [3.8, 4) is 5.75 Å². The molecule has 128 valence electrons. The highest BCUT2D eigenvalue weighted by molar-refractivity contribution is 5.94. The summed E-state index contributed by atoms with van der Waals surface area (Å²) in [5.74, 6) is 0.786. The topological polar surface area (TPSA) is 38.3 Å². The standard InChI is InChI=1S/C21H27NO2/c1-6-24-19-13-9-16(10-14-19)15(2)22-20(23)17-7-11-18(12-8-17)21(3,4)5/h7-15H,6H2,1-5H3,(H,22,23)/t15-/m0/s1. The first kappa shape index (κ1) is 18.1. The van der Waals surface area contributed by atoms with E-state index in [2.05, 4.69) is 26.1 Å². The second kappa shape index (κ2) is 7.52. The number of rotatable bonds is 5. The van der Waals surface area contributed by atoms with E-state index < -0.39 is 0 Å². The van der Waals surface area contributed by atoms with Crippen LogP contribution in [0, 0.1) is 0 Å². The Bertz CT molecular complexity index is 666. The number of amides is 1. The molecule has 0 spiro atoms. The van der Waals surface area contributed by atoms with E-state index in [1.165, 1.54) is 5.56 Å². The lowest BCUT2D eigenvalue weighted by Gasteiger charge is -2.19. The Morgan fingerprint density at radius 2 is 1.62 bits per heavy atom. The summed E-state index contributed by atoms with van der Waals surface area (Å²) >= 11 is 0. The molecule has 2 rings (SSSR count). The maximum Gasteiger partial charge on any atom is 0.251 e. The van der Waals surface area contributed by atoms with Gasteiger partial charge in [0.15, 0.2) is 0 Å². The molecular weight excluding hydrogens is 298 g/mol. The quantitative estimate of drug-likeness (QED) is 0.851. The van der Waals surface area contributed by atoms with Gasteiger partial charge in [-0.15, -0.1) is 0 Å². The first-order valence-electron chi connectivity index (χ1n) is 8.45. The lowest BCUT2D eigenvalue weighted by Crippen LogP contribution is -2.26. The first-order chi connectivity index (χ1) is 11.3. The Balaban J connectivity index is 2.03. The second-order valence-electron chi connectivity index (χ2n) is 7.02. The molecule has 3 nitrogen and oxygen atoms in total. The van der Waals surface area contributed by atoms with Crippen LogP contribution in [0.2, 0.25) is 0 Å². The number of benzene rings is 2. The van der Waals surface area contributed by atoms with Crippen molar-refractivity contribution in [3.05, 3.63) is 65.2 Å². The van der Waals surface area contributed by atoms with Gasteiger partial charge in [-0.2, -0.15) is 0 Å². The molecule has 24 heavy (non-hydrogen) atoms. The molecule has 0 bridgehead atoms. The summed E-state index contributed by atoms with van der Waals surface area (Å²) in [5.41, 5.74) is 3.04. The molecule has 0 radical (unpaired) electrons. The highest BCUT2D eigenvalue weighted by atomic mass is 16.5. The predicted molar refractivity (Wildman–Crippen MR) is 98.6 cm³/mol. The van der Waals surface area contributed by atoms with Gasteiger partial charge in [0.2, 0.25) is 0 Å². The first-order valence-corrected chi connectivity index (χ1v) is 8.45. The Hall–Kier alpha value is -2.29. The fraction of sp³-hybridized carbons (Fsp3) is 0.381. The molecule has 0 aromatic heterocycles. The highest BCUT2D eigenvalue weighted by Gasteiger charge is 2.15.